The summed E-state index contributed by atoms with van der Waals surface area (Å²) in [6, 6.07) is 9.87. The van der Waals surface area contributed by atoms with Crippen LogP contribution in [-0.2, 0) is 40.1 Å². The summed E-state index contributed by atoms with van der Waals surface area (Å²) in [6.45, 7) is 0.971. The van der Waals surface area contributed by atoms with Crippen LogP contribution in [0.2, 0.25) is 0 Å². The zero-order valence-electron chi connectivity index (χ0n) is 26.3. The van der Waals surface area contributed by atoms with Gasteiger partial charge in [-0.1, -0.05) is 72.4 Å². The van der Waals surface area contributed by atoms with Crippen LogP contribution in [0.5, 0.6) is 0 Å². The van der Waals surface area contributed by atoms with Crippen molar-refractivity contribution in [2.45, 2.75) is 63.1 Å². The minimum Gasteiger partial charge on any atom is -0.480 e. The lowest BCUT2D eigenvalue weighted by Gasteiger charge is -2.26. The van der Waals surface area contributed by atoms with Gasteiger partial charge in [0.15, 0.2) is 0 Å². The van der Waals surface area contributed by atoms with Crippen molar-refractivity contribution in [1.29, 1.82) is 0 Å². The number of thioether (sulfide) groups is 1. The van der Waals surface area contributed by atoms with E-state index >= 15 is 0 Å². The molecular weight excluding hydrogens is 664 g/mol. The van der Waals surface area contributed by atoms with E-state index in [0.29, 0.717) is 22.9 Å². The van der Waals surface area contributed by atoms with Gasteiger partial charge in [-0.25, -0.2) is 9.59 Å². The fourth-order valence-electron chi connectivity index (χ4n) is 4.06. The second-order valence-electron chi connectivity index (χ2n) is 10.6. The molecule has 0 bridgehead atoms. The molecule has 49 heavy (non-hydrogen) atoms. The van der Waals surface area contributed by atoms with Gasteiger partial charge < -0.3 is 47.7 Å². The molecule has 264 valence electrons. The molecule has 2 aromatic rings. The third-order valence-corrected chi connectivity index (χ3v) is 7.60. The summed E-state index contributed by atoms with van der Waals surface area (Å²) < 4.78 is 5.11. The van der Waals surface area contributed by atoms with Crippen molar-refractivity contribution in [3.63, 3.8) is 0 Å². The first-order valence-corrected chi connectivity index (χ1v) is 15.7. The van der Waals surface area contributed by atoms with Crippen LogP contribution in [0.1, 0.15) is 42.1 Å². The molecule has 0 unspecified atom stereocenters. The molecule has 0 saturated heterocycles. The van der Waals surface area contributed by atoms with Crippen LogP contribution < -0.4 is 32.7 Å². The van der Waals surface area contributed by atoms with Crippen molar-refractivity contribution < 1.29 is 53.3 Å². The number of carboxylic acids is 1. The summed E-state index contributed by atoms with van der Waals surface area (Å²) >= 11 is 0.616. The van der Waals surface area contributed by atoms with Gasteiger partial charge in [0, 0.05) is 17.7 Å². The number of aliphatic carboxylic acids is 1. The molecule has 10 N–H and O–H groups in total. The molecule has 0 heterocycles. The fourth-order valence-corrected chi connectivity index (χ4v) is 4.90. The van der Waals surface area contributed by atoms with Crippen LogP contribution in [0.15, 0.2) is 60.7 Å². The van der Waals surface area contributed by atoms with Crippen molar-refractivity contribution in [3.05, 3.63) is 71.8 Å². The maximum atomic E-state index is 13.2. The van der Waals surface area contributed by atoms with E-state index in [4.69, 9.17) is 16.2 Å². The summed E-state index contributed by atoms with van der Waals surface area (Å²) in [6.07, 6.45) is -4.14. The Morgan fingerprint density at radius 2 is 1.33 bits per heavy atom. The molecule has 0 saturated carbocycles. The van der Waals surface area contributed by atoms with Crippen molar-refractivity contribution in [2.75, 3.05) is 5.75 Å². The number of ether oxygens (including phenoxy) is 1. The normalized spacial score (nSPS) is 13.7. The number of benzene rings is 2. The van der Waals surface area contributed by atoms with Crippen LogP contribution in [0, 0.1) is 0 Å². The van der Waals surface area contributed by atoms with E-state index in [1.54, 1.807) is 48.5 Å². The summed E-state index contributed by atoms with van der Waals surface area (Å²) in [7, 11) is 0. The van der Waals surface area contributed by atoms with E-state index in [1.165, 1.54) is 12.1 Å². The van der Waals surface area contributed by atoms with Crippen LogP contribution in [0.4, 0.5) is 4.79 Å². The summed E-state index contributed by atoms with van der Waals surface area (Å²) in [5, 5.41) is 28.3. The van der Waals surface area contributed by atoms with Gasteiger partial charge >= 0.3 is 12.1 Å². The first-order valence-electron chi connectivity index (χ1n) is 14.8. The molecule has 5 atom stereocenters. The van der Waals surface area contributed by atoms with Gasteiger partial charge in [-0.2, -0.15) is 0 Å². The zero-order valence-corrected chi connectivity index (χ0v) is 27.1. The van der Waals surface area contributed by atoms with E-state index < -0.39 is 89.2 Å². The maximum Gasteiger partial charge on any atom is 0.408 e. The largest absolute Gasteiger partial charge is 0.480 e. The van der Waals surface area contributed by atoms with Crippen molar-refractivity contribution in [3.8, 4) is 0 Å². The number of amides is 6. The van der Waals surface area contributed by atoms with Crippen LogP contribution in [0.3, 0.4) is 0 Å². The first-order chi connectivity index (χ1) is 23.2. The topological polar surface area (TPSA) is 286 Å². The molecule has 0 radical (unpaired) electrons. The van der Waals surface area contributed by atoms with Gasteiger partial charge in [-0.3, -0.25) is 28.8 Å². The lowest BCUT2D eigenvalue weighted by atomic mass is 10.1. The molecule has 17 nitrogen and oxygen atoms in total. The molecule has 0 aliphatic rings. The monoisotopic (exact) mass is 702 g/mol. The summed E-state index contributed by atoms with van der Waals surface area (Å²) in [5.74, 6) is -7.19. The SMILES string of the molecule is C[C@@H](O)[C@H](NC(=O)[C@H](CCC(N)=O)NC(=O)OCc1ccccc1)C(=O)N[C@@H](CC(N)=O)C(=O)N[C@@H](CSC(=O)c1ccccc1)C(=O)O. The molecule has 2 rings (SSSR count). The highest BCUT2D eigenvalue weighted by Gasteiger charge is 2.34. The van der Waals surface area contributed by atoms with Gasteiger partial charge in [0.2, 0.25) is 34.7 Å². The molecule has 0 aliphatic heterocycles. The molecule has 0 aromatic heterocycles. The van der Waals surface area contributed by atoms with Crippen LogP contribution in [-0.4, -0.2) is 93.0 Å². The van der Waals surface area contributed by atoms with Crippen molar-refractivity contribution in [1.82, 2.24) is 21.3 Å². The minimum atomic E-state index is -1.79. The number of aliphatic hydroxyl groups is 1. The second kappa shape index (κ2) is 20.0. The Hall–Kier alpha value is -5.49. The molecule has 0 fully saturated rings. The maximum absolute atomic E-state index is 13.2. The average molecular weight is 703 g/mol. The number of primary amides is 2. The van der Waals surface area contributed by atoms with Gasteiger partial charge in [0.25, 0.3) is 0 Å². The van der Waals surface area contributed by atoms with Crippen LogP contribution >= 0.6 is 11.8 Å². The average Bonchev–Trinajstić information content (AvgIpc) is 3.05. The van der Waals surface area contributed by atoms with Crippen molar-refractivity contribution >= 4 is 58.5 Å². The third kappa shape index (κ3) is 14.4. The summed E-state index contributed by atoms with van der Waals surface area (Å²) in [4.78, 5) is 99.3. The van der Waals surface area contributed by atoms with E-state index in [0.717, 1.165) is 6.92 Å². The Balaban J connectivity index is 2.12. The highest BCUT2D eigenvalue weighted by molar-refractivity contribution is 8.14. The van der Waals surface area contributed by atoms with E-state index in [9.17, 15) is 48.6 Å². The Kier molecular flexibility index (Phi) is 16.2. The third-order valence-electron chi connectivity index (χ3n) is 6.61. The smallest absolute Gasteiger partial charge is 0.408 e. The molecule has 0 aliphatic carbocycles. The fraction of sp³-hybridized carbons (Fsp3) is 0.355. The minimum absolute atomic E-state index is 0.149. The Bertz CT molecular complexity index is 1490. The van der Waals surface area contributed by atoms with Gasteiger partial charge in [-0.15, -0.1) is 0 Å². The quantitative estimate of drug-likeness (QED) is 0.0867. The second-order valence-corrected chi connectivity index (χ2v) is 11.6. The zero-order chi connectivity index (χ0) is 36.5. The van der Waals surface area contributed by atoms with Crippen LogP contribution in [0.25, 0.3) is 0 Å². The highest BCUT2D eigenvalue weighted by Crippen LogP contribution is 2.14. The molecule has 0 spiro atoms. The number of nitrogens with one attached hydrogen (secondary N) is 4. The van der Waals surface area contributed by atoms with E-state index in [-0.39, 0.29) is 19.4 Å². The molecule has 2 aromatic carbocycles. The highest BCUT2D eigenvalue weighted by atomic mass is 32.2. The number of nitrogens with two attached hydrogens (primary N) is 2. The summed E-state index contributed by atoms with van der Waals surface area (Å²) in [5.41, 5.74) is 11.4. The molecular formula is C31H38N6O11S. The molecule has 6 amide bonds. The molecule has 18 heteroatoms. The number of hydrogen-bond donors (Lipinski definition) is 8. The number of carbonyl (C=O) groups is 8. The number of aliphatic hydroxyl groups excluding tert-OH is 1. The van der Waals surface area contributed by atoms with Crippen molar-refractivity contribution in [2.24, 2.45) is 11.5 Å². The van der Waals surface area contributed by atoms with Gasteiger partial charge in [-0.05, 0) is 18.9 Å². The predicted molar refractivity (Wildman–Crippen MR) is 174 cm³/mol. The number of carbonyl (C=O) groups excluding carboxylic acids is 7. The Morgan fingerprint density at radius 1 is 0.755 bits per heavy atom. The van der Waals surface area contributed by atoms with E-state index in [2.05, 4.69) is 21.3 Å². The number of carboxylic acid groups (broad SMARTS) is 1. The number of rotatable bonds is 19. The number of alkyl carbamates (subject to hydrolysis) is 1. The predicted octanol–water partition coefficient (Wildman–Crippen LogP) is -1.08. The van der Waals surface area contributed by atoms with Gasteiger partial charge in [0.05, 0.1) is 12.5 Å². The van der Waals surface area contributed by atoms with E-state index in [1.807, 2.05) is 0 Å². The lowest BCUT2D eigenvalue weighted by Crippen LogP contribution is -2.61. The Labute approximate surface area is 284 Å². The Morgan fingerprint density at radius 3 is 1.88 bits per heavy atom. The first kappa shape index (κ1) is 39.7. The van der Waals surface area contributed by atoms with Gasteiger partial charge in [0.1, 0.15) is 30.8 Å². The lowest BCUT2D eigenvalue weighted by molar-refractivity contribution is -0.142. The number of hydrogen-bond acceptors (Lipinski definition) is 11. The standard InChI is InChI=1S/C31H38N6O11S/c1-17(38)25(37-26(41)20(12-13-23(32)39)36-31(47)48-15-18-8-4-2-5-9-18)28(43)34-21(14-24(33)40)27(42)35-22(29(44)45)16-49-30(46)19-10-6-3-7-11-19/h2-11,17,20-22,25,38H,12-16H2,1H3,(H2,32,39)(H2,33,40)(H,34,43)(H,35,42)(H,36,47)(H,37,41)(H,44,45)/t17-,20+,21+,22+,25+/m1/s1.